The first kappa shape index (κ1) is 13.2. The lowest BCUT2D eigenvalue weighted by atomic mass is 9.92. The van der Waals surface area contributed by atoms with Crippen LogP contribution in [0.3, 0.4) is 0 Å². The van der Waals surface area contributed by atoms with E-state index in [2.05, 4.69) is 21.2 Å². The Bertz CT molecular complexity index is 386. The molecule has 0 aromatic heterocycles. The summed E-state index contributed by atoms with van der Waals surface area (Å²) >= 11 is 9.47. The Morgan fingerprint density at radius 1 is 1.41 bits per heavy atom. The Morgan fingerprint density at radius 2 is 2.24 bits per heavy atom. The number of methoxy groups -OCH3 is 1. The molecule has 2 rings (SSSR count). The molecule has 0 bridgehead atoms. The molecule has 1 aromatic rings. The van der Waals surface area contributed by atoms with Crippen molar-refractivity contribution in [1.82, 2.24) is 0 Å². The van der Waals surface area contributed by atoms with Gasteiger partial charge < -0.3 is 10.1 Å². The average molecular weight is 319 g/mol. The quantitative estimate of drug-likeness (QED) is 0.887. The van der Waals surface area contributed by atoms with Gasteiger partial charge in [0.15, 0.2) is 0 Å². The zero-order chi connectivity index (χ0) is 12.3. The first-order valence-corrected chi connectivity index (χ1v) is 7.10. The molecule has 0 spiro atoms. The standard InChI is InChI=1S/C13H17BrClNO/c1-17-11-4-2-3-9(7-11)16-10-5-6-12(14)13(15)8-10/h5-6,8-9,11,16H,2-4,7H2,1H3. The van der Waals surface area contributed by atoms with E-state index in [-0.39, 0.29) is 0 Å². The Balaban J connectivity index is 1.97. The molecule has 1 N–H and O–H groups in total. The molecule has 0 radical (unpaired) electrons. The molecular formula is C13H17BrClNO. The van der Waals surface area contributed by atoms with Gasteiger partial charge in [-0.05, 0) is 59.8 Å². The first-order valence-electron chi connectivity index (χ1n) is 5.93. The van der Waals surface area contributed by atoms with Crippen molar-refractivity contribution in [3.8, 4) is 0 Å². The second-order valence-electron chi connectivity index (χ2n) is 4.49. The third-order valence-electron chi connectivity index (χ3n) is 3.25. The molecule has 4 heteroatoms. The van der Waals surface area contributed by atoms with Gasteiger partial charge >= 0.3 is 0 Å². The van der Waals surface area contributed by atoms with E-state index >= 15 is 0 Å². The highest BCUT2D eigenvalue weighted by atomic mass is 79.9. The van der Waals surface area contributed by atoms with Crippen LogP contribution in [0.5, 0.6) is 0 Å². The lowest BCUT2D eigenvalue weighted by Gasteiger charge is -2.29. The highest BCUT2D eigenvalue weighted by Crippen LogP contribution is 2.28. The molecule has 94 valence electrons. The average Bonchev–Trinajstić information content (AvgIpc) is 2.34. The number of benzene rings is 1. The van der Waals surface area contributed by atoms with E-state index in [0.29, 0.717) is 12.1 Å². The van der Waals surface area contributed by atoms with Crippen molar-refractivity contribution >= 4 is 33.2 Å². The lowest BCUT2D eigenvalue weighted by molar-refractivity contribution is 0.0669. The molecule has 1 saturated carbocycles. The van der Waals surface area contributed by atoms with E-state index in [1.807, 2.05) is 18.2 Å². The van der Waals surface area contributed by atoms with Crippen molar-refractivity contribution in [2.24, 2.45) is 0 Å². The van der Waals surface area contributed by atoms with Gasteiger partial charge in [0.1, 0.15) is 0 Å². The number of hydrogen-bond acceptors (Lipinski definition) is 2. The van der Waals surface area contributed by atoms with Gasteiger partial charge in [-0.15, -0.1) is 0 Å². The van der Waals surface area contributed by atoms with Gasteiger partial charge in [0.05, 0.1) is 11.1 Å². The van der Waals surface area contributed by atoms with Gasteiger partial charge in [-0.2, -0.15) is 0 Å². The van der Waals surface area contributed by atoms with Crippen LogP contribution >= 0.6 is 27.5 Å². The second kappa shape index (κ2) is 6.07. The van der Waals surface area contributed by atoms with Crippen molar-refractivity contribution < 1.29 is 4.74 Å². The smallest absolute Gasteiger partial charge is 0.0590 e. The minimum absolute atomic E-state index is 0.396. The van der Waals surface area contributed by atoms with E-state index < -0.39 is 0 Å². The largest absolute Gasteiger partial charge is 0.382 e. The Kier molecular flexibility index (Phi) is 4.71. The Morgan fingerprint density at radius 3 is 2.94 bits per heavy atom. The third-order valence-corrected chi connectivity index (χ3v) is 4.48. The van der Waals surface area contributed by atoms with Crippen LogP contribution in [0.25, 0.3) is 0 Å². The SMILES string of the molecule is COC1CCCC(Nc2ccc(Br)c(Cl)c2)C1. The molecular weight excluding hydrogens is 302 g/mol. The van der Waals surface area contributed by atoms with Gasteiger partial charge in [0.25, 0.3) is 0 Å². The molecule has 1 aliphatic carbocycles. The molecule has 2 nitrogen and oxygen atoms in total. The monoisotopic (exact) mass is 317 g/mol. The van der Waals surface area contributed by atoms with Crippen molar-refractivity contribution in [3.63, 3.8) is 0 Å². The zero-order valence-electron chi connectivity index (χ0n) is 9.88. The van der Waals surface area contributed by atoms with E-state index in [4.69, 9.17) is 16.3 Å². The molecule has 0 aliphatic heterocycles. The number of anilines is 1. The summed E-state index contributed by atoms with van der Waals surface area (Å²) < 4.78 is 6.36. The van der Waals surface area contributed by atoms with E-state index in [9.17, 15) is 0 Å². The highest BCUT2D eigenvalue weighted by molar-refractivity contribution is 9.10. The number of halogens is 2. The van der Waals surface area contributed by atoms with Gasteiger partial charge in [-0.3, -0.25) is 0 Å². The fraction of sp³-hybridized carbons (Fsp3) is 0.538. The summed E-state index contributed by atoms with van der Waals surface area (Å²) in [5.74, 6) is 0. The molecule has 2 atom stereocenters. The fourth-order valence-corrected chi connectivity index (χ4v) is 2.74. The maximum absolute atomic E-state index is 6.08. The second-order valence-corrected chi connectivity index (χ2v) is 5.76. The summed E-state index contributed by atoms with van der Waals surface area (Å²) in [5.41, 5.74) is 1.08. The van der Waals surface area contributed by atoms with Crippen LogP contribution < -0.4 is 5.32 Å². The lowest BCUT2D eigenvalue weighted by Crippen LogP contribution is -2.30. The predicted octanol–water partition coefficient (Wildman–Crippen LogP) is 4.47. The fourth-order valence-electron chi connectivity index (χ4n) is 2.31. The summed E-state index contributed by atoms with van der Waals surface area (Å²) in [6, 6.07) is 6.47. The number of nitrogens with one attached hydrogen (secondary N) is 1. The van der Waals surface area contributed by atoms with E-state index in [1.165, 1.54) is 19.3 Å². The molecule has 0 saturated heterocycles. The summed E-state index contributed by atoms with van der Waals surface area (Å²) in [5, 5.41) is 4.27. The van der Waals surface area contributed by atoms with Crippen LogP contribution in [0.4, 0.5) is 5.69 Å². The molecule has 17 heavy (non-hydrogen) atoms. The Labute approximate surface area is 116 Å². The van der Waals surface area contributed by atoms with Crippen molar-refractivity contribution in [1.29, 1.82) is 0 Å². The zero-order valence-corrected chi connectivity index (χ0v) is 12.2. The van der Waals surface area contributed by atoms with Crippen LogP contribution in [-0.4, -0.2) is 19.3 Å². The molecule has 2 unspecified atom stereocenters. The topological polar surface area (TPSA) is 21.3 Å². The van der Waals surface area contributed by atoms with Crippen molar-refractivity contribution in [3.05, 3.63) is 27.7 Å². The normalized spacial score (nSPS) is 24.6. The Hall–Kier alpha value is -0.250. The number of ether oxygens (including phenoxy) is 1. The molecule has 1 aliphatic rings. The maximum atomic E-state index is 6.08. The van der Waals surface area contributed by atoms with Gasteiger partial charge in [-0.25, -0.2) is 0 Å². The molecule has 1 aromatic carbocycles. The molecule has 1 fully saturated rings. The summed E-state index contributed by atoms with van der Waals surface area (Å²) in [4.78, 5) is 0. The highest BCUT2D eigenvalue weighted by Gasteiger charge is 2.21. The van der Waals surface area contributed by atoms with Crippen molar-refractivity contribution in [2.45, 2.75) is 37.8 Å². The first-order chi connectivity index (χ1) is 8.19. The summed E-state index contributed by atoms with van der Waals surface area (Å²) in [6.45, 7) is 0. The van der Waals surface area contributed by atoms with E-state index in [0.717, 1.165) is 21.6 Å². The van der Waals surface area contributed by atoms with Gasteiger partial charge in [0.2, 0.25) is 0 Å². The summed E-state index contributed by atoms with van der Waals surface area (Å²) in [6.07, 6.45) is 5.07. The van der Waals surface area contributed by atoms with Crippen LogP contribution in [-0.2, 0) is 4.74 Å². The van der Waals surface area contributed by atoms with Gasteiger partial charge in [-0.1, -0.05) is 11.6 Å². The van der Waals surface area contributed by atoms with Crippen molar-refractivity contribution in [2.75, 3.05) is 12.4 Å². The number of hydrogen-bond donors (Lipinski definition) is 1. The van der Waals surface area contributed by atoms with Gasteiger partial charge in [0, 0.05) is 23.3 Å². The predicted molar refractivity (Wildman–Crippen MR) is 75.8 cm³/mol. The molecule has 0 heterocycles. The van der Waals surface area contributed by atoms with E-state index in [1.54, 1.807) is 7.11 Å². The minimum atomic E-state index is 0.396. The van der Waals surface area contributed by atoms with Crippen LogP contribution in [0, 0.1) is 0 Å². The maximum Gasteiger partial charge on any atom is 0.0590 e. The van der Waals surface area contributed by atoms with Crippen LogP contribution in [0.2, 0.25) is 5.02 Å². The van der Waals surface area contributed by atoms with Crippen LogP contribution in [0.1, 0.15) is 25.7 Å². The van der Waals surface area contributed by atoms with Crippen LogP contribution in [0.15, 0.2) is 22.7 Å². The number of rotatable bonds is 3. The third kappa shape index (κ3) is 3.60. The molecule has 0 amide bonds. The minimum Gasteiger partial charge on any atom is -0.382 e. The summed E-state index contributed by atoms with van der Waals surface area (Å²) in [7, 11) is 1.80.